The molecule has 2 aliphatic heterocycles. The fraction of sp³-hybridized carbons (Fsp3) is 0.397. The van der Waals surface area contributed by atoms with Crippen molar-refractivity contribution >= 4 is 111 Å². The number of carbonyl (C=O) groups is 15. The fourth-order valence-corrected chi connectivity index (χ4v) is 12.1. The van der Waals surface area contributed by atoms with Crippen LogP contribution in [-0.2, 0) is 97.6 Å². The SMILES string of the molecule is C.CC(O)C1NC(=O)C(CC(N)=O)NC(=O)C(CC(=O)O)NC(=O)C(Cc2ccc(O)cc2)NC(=O)CNC(=O)C(CCC(=O)O)NC(=O)C(Cc2ccccc2)NC(=O)C(Cc2c[nH]c3ccccc23)NC(=O)CSCC(C(N)=O)NC(=O)C2CCCN2C(=O)C(Cc2ccccc2)NC1=O. The monoisotopic (exact) mass is 1430 g/mol. The number of phenolic OH excluding ortho intramolecular Hbond substituents is 1. The van der Waals surface area contributed by atoms with Crippen molar-refractivity contribution in [2.75, 3.05) is 24.6 Å². The number of nitrogens with one attached hydrogen (secondary N) is 11. The number of para-hydroxylation sites is 1. The van der Waals surface area contributed by atoms with E-state index < -0.39 is 200 Å². The first kappa shape index (κ1) is 79.6. The average Bonchev–Trinajstić information content (AvgIpc) is 1.63. The summed E-state index contributed by atoms with van der Waals surface area (Å²) in [6, 6.07) is 11.6. The van der Waals surface area contributed by atoms with E-state index in [1.54, 1.807) is 91.1 Å². The number of aromatic nitrogens is 1. The van der Waals surface area contributed by atoms with E-state index in [4.69, 9.17) is 11.5 Å². The number of hydrogen-bond acceptors (Lipinski definition) is 18. The van der Waals surface area contributed by atoms with Gasteiger partial charge in [0.25, 0.3) is 0 Å². The fourth-order valence-electron chi connectivity index (χ4n) is 11.3. The molecule has 5 aromatic rings. The van der Waals surface area contributed by atoms with Crippen molar-refractivity contribution in [1.82, 2.24) is 63.1 Å². The van der Waals surface area contributed by atoms with Crippen LogP contribution in [0.15, 0.2) is 115 Å². The summed E-state index contributed by atoms with van der Waals surface area (Å²) in [5, 5.41) is 65.6. The van der Waals surface area contributed by atoms with Crippen LogP contribution in [0.1, 0.15) is 75.1 Å². The molecule has 0 saturated carbocycles. The molecule has 7 rings (SSSR count). The molecule has 3 heterocycles. The molecule has 0 bridgehead atoms. The first-order chi connectivity index (χ1) is 48.1. The Kier molecular flexibility index (Phi) is 29.8. The smallest absolute Gasteiger partial charge is 0.305 e. The zero-order valence-electron chi connectivity index (χ0n) is 54.6. The standard InChI is InChI=1S/C67H80N14O19S.CH4/c1-35(82)57-66(99)78-49(27-37-13-6-3-7-14-37)67(100)81-24-10-17-51(81)65(98)79-50(58(69)91)33-101-34-54(86)73-46(28-39-31-70-42-16-9-8-15-41(39)42)62(95)75-45(25-36-11-4-2-5-12-36)61(94)74-43(22-23-55(87)88)59(92)71-32-53(85)72-44(26-38-18-20-40(83)21-19-38)60(93)77-48(30-56(89)90)63(96)76-47(29-52(68)84)64(97)80-57;/h2-9,11-16,18-21,31,35,43-51,57,70,82-83H,10,17,22-30,32-34H2,1H3,(H2,68,84)(H2,69,91)(H,71,92)(H,72,85)(H,73,86)(H,74,94)(H,75,95)(H,76,96)(H,77,93)(H,78,99)(H,79,98)(H,80,97)(H,87,88)(H,89,90);1H4. The number of primary amides is 2. The van der Waals surface area contributed by atoms with E-state index in [2.05, 4.69) is 58.2 Å². The molecule has 4 aromatic carbocycles. The molecule has 34 heteroatoms. The minimum atomic E-state index is -2.14. The lowest BCUT2D eigenvalue weighted by atomic mass is 10.0. The average molecular weight is 1430 g/mol. The predicted octanol–water partition coefficient (Wildman–Crippen LogP) is -2.92. The second kappa shape index (κ2) is 38.2. The minimum Gasteiger partial charge on any atom is -0.508 e. The molecule has 0 radical (unpaired) electrons. The number of hydrogen-bond donors (Lipinski definition) is 17. The van der Waals surface area contributed by atoms with Crippen LogP contribution in [0, 0.1) is 0 Å². The molecule has 2 aliphatic rings. The van der Waals surface area contributed by atoms with Crippen molar-refractivity contribution < 1.29 is 92.3 Å². The van der Waals surface area contributed by atoms with Gasteiger partial charge in [0.2, 0.25) is 76.8 Å². The summed E-state index contributed by atoms with van der Waals surface area (Å²) in [5.41, 5.74) is 13.7. The number of amides is 13. The number of H-pyrrole nitrogens is 1. The van der Waals surface area contributed by atoms with E-state index in [0.29, 0.717) is 27.6 Å². The molecule has 0 aliphatic carbocycles. The summed E-state index contributed by atoms with van der Waals surface area (Å²) < 4.78 is 0. The van der Waals surface area contributed by atoms with Crippen molar-refractivity contribution in [2.24, 2.45) is 11.5 Å². The number of aromatic amines is 1. The minimum absolute atomic E-state index is 0. The van der Waals surface area contributed by atoms with Gasteiger partial charge in [0.15, 0.2) is 0 Å². The van der Waals surface area contributed by atoms with Crippen molar-refractivity contribution in [3.8, 4) is 5.75 Å². The topological polar surface area (TPSA) is 528 Å². The summed E-state index contributed by atoms with van der Waals surface area (Å²) in [4.78, 5) is 212. The van der Waals surface area contributed by atoms with Crippen LogP contribution in [0.3, 0.4) is 0 Å². The van der Waals surface area contributed by atoms with Gasteiger partial charge >= 0.3 is 11.9 Å². The Morgan fingerprint density at radius 1 is 0.549 bits per heavy atom. The molecule has 1 aromatic heterocycles. The highest BCUT2D eigenvalue weighted by molar-refractivity contribution is 8.00. The molecule has 546 valence electrons. The van der Waals surface area contributed by atoms with E-state index in [1.807, 2.05) is 0 Å². The Morgan fingerprint density at radius 2 is 1.06 bits per heavy atom. The third-order valence-corrected chi connectivity index (χ3v) is 17.5. The van der Waals surface area contributed by atoms with Crippen LogP contribution < -0.4 is 64.6 Å². The van der Waals surface area contributed by atoms with Gasteiger partial charge in [0.05, 0.1) is 31.2 Å². The molecule has 11 unspecified atom stereocenters. The number of benzene rings is 4. The van der Waals surface area contributed by atoms with Gasteiger partial charge in [-0.1, -0.05) is 98.4 Å². The van der Waals surface area contributed by atoms with Gasteiger partial charge in [0.1, 0.15) is 66.2 Å². The second-order valence-electron chi connectivity index (χ2n) is 24.2. The van der Waals surface area contributed by atoms with Crippen LogP contribution in [0.5, 0.6) is 5.75 Å². The molecule has 11 atom stereocenters. The molecule has 2 fully saturated rings. The van der Waals surface area contributed by atoms with Gasteiger partial charge < -0.3 is 94.9 Å². The van der Waals surface area contributed by atoms with Crippen LogP contribution in [0.25, 0.3) is 10.9 Å². The molecule has 19 N–H and O–H groups in total. The third-order valence-electron chi connectivity index (χ3n) is 16.4. The first-order valence-corrected chi connectivity index (χ1v) is 33.3. The van der Waals surface area contributed by atoms with Crippen LogP contribution in [0.2, 0.25) is 0 Å². The maximum atomic E-state index is 14.8. The lowest BCUT2D eigenvalue weighted by Crippen LogP contribution is -2.62. The van der Waals surface area contributed by atoms with Crippen molar-refractivity contribution in [3.05, 3.63) is 138 Å². The number of rotatable bonds is 17. The third kappa shape index (κ3) is 23.9. The Labute approximate surface area is 588 Å². The van der Waals surface area contributed by atoms with Crippen molar-refractivity contribution in [3.63, 3.8) is 0 Å². The van der Waals surface area contributed by atoms with E-state index in [-0.39, 0.29) is 63.1 Å². The van der Waals surface area contributed by atoms with Gasteiger partial charge in [-0.05, 0) is 66.6 Å². The second-order valence-corrected chi connectivity index (χ2v) is 25.2. The lowest BCUT2D eigenvalue weighted by molar-refractivity contribution is -0.143. The maximum absolute atomic E-state index is 14.8. The number of phenols is 1. The molecule has 2 saturated heterocycles. The van der Waals surface area contributed by atoms with E-state index in [1.165, 1.54) is 24.3 Å². The zero-order valence-corrected chi connectivity index (χ0v) is 55.5. The quantitative estimate of drug-likeness (QED) is 0.0443. The van der Waals surface area contributed by atoms with Gasteiger partial charge in [0, 0.05) is 61.5 Å². The Balaban J connectivity index is 0.0000164. The molecule has 102 heavy (non-hydrogen) atoms. The van der Waals surface area contributed by atoms with Gasteiger partial charge in [-0.15, -0.1) is 11.8 Å². The van der Waals surface area contributed by atoms with Crippen LogP contribution in [-0.4, -0.2) is 210 Å². The number of fused-ring (bicyclic) bond motifs is 2. The van der Waals surface area contributed by atoms with E-state index >= 15 is 0 Å². The highest BCUT2D eigenvalue weighted by Gasteiger charge is 2.42. The number of carbonyl (C=O) groups excluding carboxylic acids is 13. The molecule has 0 spiro atoms. The number of nitrogens with zero attached hydrogens (tertiary/aromatic N) is 1. The van der Waals surface area contributed by atoms with Gasteiger partial charge in [-0.2, -0.15) is 0 Å². The zero-order chi connectivity index (χ0) is 73.4. The number of carboxylic acids is 2. The van der Waals surface area contributed by atoms with E-state index in [0.717, 1.165) is 23.6 Å². The van der Waals surface area contributed by atoms with Crippen LogP contribution in [0.4, 0.5) is 0 Å². The summed E-state index contributed by atoms with van der Waals surface area (Å²) in [5.74, 6) is -18.3. The highest BCUT2D eigenvalue weighted by atomic mass is 32.2. The van der Waals surface area contributed by atoms with Gasteiger partial charge in [-0.25, -0.2) is 0 Å². The number of aromatic hydroxyl groups is 1. The van der Waals surface area contributed by atoms with Crippen LogP contribution >= 0.6 is 11.8 Å². The number of carboxylic acid groups (broad SMARTS) is 2. The Hall–Kier alpha value is -11.4. The largest absolute Gasteiger partial charge is 0.508 e. The highest BCUT2D eigenvalue weighted by Crippen LogP contribution is 2.23. The summed E-state index contributed by atoms with van der Waals surface area (Å²) >= 11 is 0.832. The summed E-state index contributed by atoms with van der Waals surface area (Å²) in [6.45, 7) is 0.0269. The van der Waals surface area contributed by atoms with Crippen molar-refractivity contribution in [1.29, 1.82) is 0 Å². The number of aliphatic carboxylic acids is 2. The molecule has 13 amide bonds. The maximum Gasteiger partial charge on any atom is 0.305 e. The normalized spacial score (nSPS) is 23.5. The summed E-state index contributed by atoms with van der Waals surface area (Å²) in [7, 11) is 0. The predicted molar refractivity (Wildman–Crippen MR) is 367 cm³/mol. The number of aliphatic hydroxyl groups is 1. The molecular weight excluding hydrogens is 1350 g/mol. The number of nitrogens with two attached hydrogens (primary N) is 2. The first-order valence-electron chi connectivity index (χ1n) is 32.1. The van der Waals surface area contributed by atoms with E-state index in [9.17, 15) is 92.3 Å². The Morgan fingerprint density at radius 3 is 1.65 bits per heavy atom. The number of thioether (sulfide) groups is 1. The Bertz CT molecular complexity index is 3860. The molecular formula is C68H84N14O19S. The number of aliphatic hydroxyl groups excluding tert-OH is 1. The lowest BCUT2D eigenvalue weighted by Gasteiger charge is -2.31. The molecule has 33 nitrogen and oxygen atoms in total. The summed E-state index contributed by atoms with van der Waals surface area (Å²) in [6.07, 6.45) is -4.61. The van der Waals surface area contributed by atoms with Gasteiger partial charge in [-0.3, -0.25) is 71.9 Å². The van der Waals surface area contributed by atoms with Crippen molar-refractivity contribution in [2.45, 2.75) is 145 Å².